The number of anilines is 2. The van der Waals surface area contributed by atoms with E-state index in [2.05, 4.69) is 16.7 Å². The first kappa shape index (κ1) is 24.3. The summed E-state index contributed by atoms with van der Waals surface area (Å²) < 4.78 is 39.9. The molecular weight excluding hydrogens is 501 g/mol. The number of nitrogens with one attached hydrogen (secondary N) is 2. The van der Waals surface area contributed by atoms with E-state index in [1.54, 1.807) is 12.1 Å². The second kappa shape index (κ2) is 9.59. The van der Waals surface area contributed by atoms with Gasteiger partial charge in [-0.3, -0.25) is 4.79 Å². The zero-order valence-electron chi connectivity index (χ0n) is 19.2. The van der Waals surface area contributed by atoms with Crippen molar-refractivity contribution in [3.8, 4) is 6.07 Å². The van der Waals surface area contributed by atoms with Crippen LogP contribution in [0.1, 0.15) is 31.9 Å². The molecule has 1 aromatic heterocycles. The van der Waals surface area contributed by atoms with E-state index >= 15 is 0 Å². The molecule has 0 unspecified atom stereocenters. The van der Waals surface area contributed by atoms with Crippen LogP contribution in [0.15, 0.2) is 66.7 Å². The van der Waals surface area contributed by atoms with Gasteiger partial charge in [-0.05, 0) is 41.0 Å². The molecule has 0 fully saturated rings. The topological polar surface area (TPSA) is 85.2 Å². The van der Waals surface area contributed by atoms with Gasteiger partial charge < -0.3 is 15.5 Å². The van der Waals surface area contributed by atoms with Gasteiger partial charge in [0.05, 0.1) is 23.4 Å². The lowest BCUT2D eigenvalue weighted by molar-refractivity contribution is -0.136. The minimum absolute atomic E-state index is 0.110. The van der Waals surface area contributed by atoms with Crippen molar-refractivity contribution in [2.45, 2.75) is 19.1 Å². The number of amides is 3. The van der Waals surface area contributed by atoms with Crippen LogP contribution in [0.25, 0.3) is 10.8 Å². The average Bonchev–Trinajstić information content (AvgIpc) is 3.24. The third-order valence-electron chi connectivity index (χ3n) is 6.19. The van der Waals surface area contributed by atoms with Crippen molar-refractivity contribution in [3.63, 3.8) is 0 Å². The molecule has 5 rings (SSSR count). The van der Waals surface area contributed by atoms with E-state index in [0.29, 0.717) is 27.4 Å². The molecule has 2 heterocycles. The van der Waals surface area contributed by atoms with E-state index in [0.717, 1.165) is 22.4 Å². The largest absolute Gasteiger partial charge is 0.418 e. The molecule has 1 aliphatic heterocycles. The van der Waals surface area contributed by atoms with Gasteiger partial charge in [0.1, 0.15) is 11.1 Å². The Morgan fingerprint density at radius 3 is 2.49 bits per heavy atom. The summed E-state index contributed by atoms with van der Waals surface area (Å²) in [4.78, 5) is 28.0. The number of benzene rings is 3. The number of halogens is 3. The summed E-state index contributed by atoms with van der Waals surface area (Å²) in [6.45, 7) is 0.327. The molecule has 0 saturated heterocycles. The standard InChI is InChI=1S/C27H19F3N4O2S/c28-27(29,30)21-10-3-4-11-22(21)32-26(36)34-13-12-18-20(14-31)25(37-23(18)15-34)33-24(35)19-9-5-7-16-6-1-2-8-17(16)19/h1-11H,12-13,15H2,(H,32,36)(H,33,35). The molecule has 0 saturated carbocycles. The Labute approximate surface area is 213 Å². The number of carbonyl (C=O) groups excluding carboxylic acids is 2. The highest BCUT2D eigenvalue weighted by molar-refractivity contribution is 7.16. The predicted octanol–water partition coefficient (Wildman–Crippen LogP) is 6.63. The summed E-state index contributed by atoms with van der Waals surface area (Å²) in [5.41, 5.74) is 0.300. The van der Waals surface area contributed by atoms with E-state index in [9.17, 15) is 28.0 Å². The lowest BCUT2D eigenvalue weighted by Gasteiger charge is -2.27. The number of rotatable bonds is 3. The van der Waals surface area contributed by atoms with E-state index in [-0.39, 0.29) is 24.7 Å². The van der Waals surface area contributed by atoms with Gasteiger partial charge in [0, 0.05) is 17.0 Å². The first-order valence-electron chi connectivity index (χ1n) is 11.3. The van der Waals surface area contributed by atoms with Crippen LogP contribution in [0.5, 0.6) is 0 Å². The molecule has 0 radical (unpaired) electrons. The van der Waals surface area contributed by atoms with Gasteiger partial charge in [-0.2, -0.15) is 18.4 Å². The van der Waals surface area contributed by atoms with Crippen molar-refractivity contribution in [1.29, 1.82) is 5.26 Å². The van der Waals surface area contributed by atoms with Crippen LogP contribution in [0.4, 0.5) is 28.7 Å². The number of hydrogen-bond donors (Lipinski definition) is 2. The monoisotopic (exact) mass is 520 g/mol. The van der Waals surface area contributed by atoms with Crippen molar-refractivity contribution < 1.29 is 22.8 Å². The third kappa shape index (κ3) is 4.73. The Kier molecular flexibility index (Phi) is 6.31. The van der Waals surface area contributed by atoms with E-state index in [1.807, 2.05) is 30.3 Å². The maximum Gasteiger partial charge on any atom is 0.418 e. The molecule has 4 aromatic rings. The Hall–Kier alpha value is -4.36. The van der Waals surface area contributed by atoms with Gasteiger partial charge in [-0.1, -0.05) is 48.5 Å². The predicted molar refractivity (Wildman–Crippen MR) is 136 cm³/mol. The lowest BCUT2D eigenvalue weighted by atomic mass is 10.0. The molecule has 3 aromatic carbocycles. The van der Waals surface area contributed by atoms with Crippen molar-refractivity contribution in [3.05, 3.63) is 93.9 Å². The molecule has 0 bridgehead atoms. The highest BCUT2D eigenvalue weighted by atomic mass is 32.1. The van der Waals surface area contributed by atoms with Crippen molar-refractivity contribution in [2.75, 3.05) is 17.2 Å². The number of nitriles is 1. The van der Waals surface area contributed by atoms with Crippen LogP contribution in [0.3, 0.4) is 0 Å². The van der Waals surface area contributed by atoms with E-state index < -0.39 is 17.8 Å². The Bertz CT molecular complexity index is 1570. The zero-order valence-corrected chi connectivity index (χ0v) is 20.0. The maximum absolute atomic E-state index is 13.3. The highest BCUT2D eigenvalue weighted by Gasteiger charge is 2.34. The summed E-state index contributed by atoms with van der Waals surface area (Å²) in [7, 11) is 0. The lowest BCUT2D eigenvalue weighted by Crippen LogP contribution is -2.38. The zero-order chi connectivity index (χ0) is 26.2. The number of alkyl halides is 3. The number of nitrogens with zero attached hydrogens (tertiary/aromatic N) is 2. The minimum Gasteiger partial charge on any atom is -0.319 e. The normalized spacial score (nSPS) is 13.1. The number of thiophene rings is 1. The summed E-state index contributed by atoms with van der Waals surface area (Å²) in [5, 5.41) is 17.1. The first-order chi connectivity index (χ1) is 17.8. The number of carbonyl (C=O) groups is 2. The number of para-hydroxylation sites is 1. The van der Waals surface area contributed by atoms with Crippen molar-refractivity contribution in [2.24, 2.45) is 0 Å². The van der Waals surface area contributed by atoms with Crippen LogP contribution in [0.2, 0.25) is 0 Å². The SMILES string of the molecule is N#Cc1c(NC(=O)c2cccc3ccccc23)sc2c1CCN(C(=O)Nc1ccccc1C(F)(F)F)C2. The fourth-order valence-corrected chi connectivity index (χ4v) is 5.62. The van der Waals surface area contributed by atoms with E-state index in [4.69, 9.17) is 0 Å². The maximum atomic E-state index is 13.3. The fraction of sp³-hybridized carbons (Fsp3) is 0.148. The summed E-state index contributed by atoms with van der Waals surface area (Å²) in [6, 6.07) is 19.2. The Morgan fingerprint density at radius 2 is 1.70 bits per heavy atom. The fourth-order valence-electron chi connectivity index (χ4n) is 4.41. The molecule has 0 atom stereocenters. The van der Waals surface area contributed by atoms with Gasteiger partial charge in [0.2, 0.25) is 0 Å². The first-order valence-corrected chi connectivity index (χ1v) is 12.1. The van der Waals surface area contributed by atoms with Crippen LogP contribution in [-0.2, 0) is 19.1 Å². The molecule has 186 valence electrons. The molecule has 37 heavy (non-hydrogen) atoms. The molecule has 10 heteroatoms. The minimum atomic E-state index is -4.61. The average molecular weight is 521 g/mol. The van der Waals surface area contributed by atoms with Gasteiger partial charge in [0.15, 0.2) is 0 Å². The van der Waals surface area contributed by atoms with Gasteiger partial charge in [-0.25, -0.2) is 4.79 Å². The van der Waals surface area contributed by atoms with Crippen LogP contribution < -0.4 is 10.6 Å². The molecule has 6 nitrogen and oxygen atoms in total. The number of hydrogen-bond acceptors (Lipinski definition) is 4. The van der Waals surface area contributed by atoms with Crippen LogP contribution in [-0.4, -0.2) is 23.4 Å². The summed E-state index contributed by atoms with van der Waals surface area (Å²) in [5.74, 6) is -0.356. The summed E-state index contributed by atoms with van der Waals surface area (Å²) in [6.07, 6.45) is -4.27. The highest BCUT2D eigenvalue weighted by Crippen LogP contribution is 2.38. The Morgan fingerprint density at radius 1 is 0.973 bits per heavy atom. The smallest absolute Gasteiger partial charge is 0.319 e. The quantitative estimate of drug-likeness (QED) is 0.318. The molecule has 0 spiro atoms. The molecule has 2 N–H and O–H groups in total. The van der Waals surface area contributed by atoms with E-state index in [1.165, 1.54) is 34.4 Å². The molecule has 0 aliphatic carbocycles. The van der Waals surface area contributed by atoms with Crippen LogP contribution >= 0.6 is 11.3 Å². The number of urea groups is 1. The van der Waals surface area contributed by atoms with Gasteiger partial charge in [-0.15, -0.1) is 11.3 Å². The van der Waals surface area contributed by atoms with Gasteiger partial charge in [0.25, 0.3) is 5.91 Å². The third-order valence-corrected chi connectivity index (χ3v) is 7.32. The molecule has 1 aliphatic rings. The summed E-state index contributed by atoms with van der Waals surface area (Å²) >= 11 is 1.19. The number of fused-ring (bicyclic) bond motifs is 2. The Balaban J connectivity index is 1.36. The van der Waals surface area contributed by atoms with Crippen molar-refractivity contribution in [1.82, 2.24) is 4.90 Å². The molecule has 3 amide bonds. The molecular formula is C27H19F3N4O2S. The van der Waals surface area contributed by atoms with Gasteiger partial charge >= 0.3 is 12.2 Å². The second-order valence-corrected chi connectivity index (χ2v) is 9.55. The second-order valence-electron chi connectivity index (χ2n) is 8.45. The van der Waals surface area contributed by atoms with Crippen molar-refractivity contribution >= 4 is 44.7 Å². The van der Waals surface area contributed by atoms with Crippen LogP contribution in [0, 0.1) is 11.3 Å².